The molecule has 1 spiro atoms. The van der Waals surface area contributed by atoms with Crippen molar-refractivity contribution in [3.05, 3.63) is 0 Å². The molecule has 0 aromatic carbocycles. The molecule has 8 fully saturated rings. The minimum atomic E-state index is -3.37. The zero-order chi connectivity index (χ0) is 29.7. The van der Waals surface area contributed by atoms with Gasteiger partial charge in [0.1, 0.15) is 6.16 Å². The van der Waals surface area contributed by atoms with Crippen molar-refractivity contribution in [3.8, 4) is 0 Å². The van der Waals surface area contributed by atoms with Gasteiger partial charge in [0.15, 0.2) is 0 Å². The van der Waals surface area contributed by atoms with E-state index < -0.39 is 60.2 Å². The quantitative estimate of drug-likeness (QED) is 0.0817. The number of hydrogen-bond acceptors (Lipinski definition) is 15. The van der Waals surface area contributed by atoms with Gasteiger partial charge in [0, 0.05) is 0 Å². The highest BCUT2D eigenvalue weighted by Gasteiger charge is 3.05. The summed E-state index contributed by atoms with van der Waals surface area (Å²) in [7, 11) is -8.52. The second kappa shape index (κ2) is 12.0. The lowest BCUT2D eigenvalue weighted by Crippen LogP contribution is -2.83. The normalized spacial score (nSPS) is 48.1. The van der Waals surface area contributed by atoms with Crippen molar-refractivity contribution < 1.29 is 71.3 Å². The van der Waals surface area contributed by atoms with Gasteiger partial charge in [-0.25, -0.2) is 9.05 Å². The maximum Gasteiger partial charge on any atom is 0.431 e. The predicted octanol–water partition coefficient (Wildman–Crippen LogP) is 4.68. The van der Waals surface area contributed by atoms with Crippen molar-refractivity contribution in [2.24, 2.45) is 0 Å². The third-order valence-electron chi connectivity index (χ3n) is 8.52. The van der Waals surface area contributed by atoms with E-state index in [4.69, 9.17) is 45.8 Å². The van der Waals surface area contributed by atoms with Gasteiger partial charge in [-0.2, -0.15) is 4.89 Å². The van der Waals surface area contributed by atoms with E-state index >= 15 is 0 Å². The van der Waals surface area contributed by atoms with Gasteiger partial charge in [-0.3, -0.25) is 13.6 Å². The lowest BCUT2D eigenvalue weighted by molar-refractivity contribution is -0.559. The summed E-state index contributed by atoms with van der Waals surface area (Å²) in [5.74, 6) is -18.7. The molecule has 242 valence electrons. The van der Waals surface area contributed by atoms with Crippen LogP contribution in [0.5, 0.6) is 0 Å². The summed E-state index contributed by atoms with van der Waals surface area (Å²) in [6.07, 6.45) is 19.6. The molecular formula is C24H42O15P3+. The Hall–Kier alpha value is 0.690. The lowest BCUT2D eigenvalue weighted by Gasteiger charge is -2.51. The molecule has 0 saturated carbocycles. The van der Waals surface area contributed by atoms with Crippen LogP contribution in [0.15, 0.2) is 0 Å². The van der Waals surface area contributed by atoms with Crippen LogP contribution in [-0.4, -0.2) is 66.8 Å². The Balaban J connectivity index is 0.939. The van der Waals surface area contributed by atoms with Crippen LogP contribution in [0.25, 0.3) is 0 Å². The number of aliphatic hydroxyl groups is 5. The van der Waals surface area contributed by atoms with Gasteiger partial charge >= 0.3 is 54.5 Å². The van der Waals surface area contributed by atoms with E-state index in [9.17, 15) is 25.5 Å². The van der Waals surface area contributed by atoms with Crippen LogP contribution in [0.3, 0.4) is 0 Å². The lowest BCUT2D eigenvalue weighted by atomic mass is 9.86. The van der Waals surface area contributed by atoms with Crippen molar-refractivity contribution in [1.82, 2.24) is 0 Å². The van der Waals surface area contributed by atoms with Crippen LogP contribution in [0.4, 0.5) is 0 Å². The molecule has 0 aromatic heterocycles. The van der Waals surface area contributed by atoms with E-state index in [1.807, 2.05) is 0 Å². The Labute approximate surface area is 247 Å². The molecule has 8 heterocycles. The van der Waals surface area contributed by atoms with E-state index in [2.05, 4.69) is 6.92 Å². The fourth-order valence-corrected chi connectivity index (χ4v) is 11.1. The predicted molar refractivity (Wildman–Crippen MR) is 144 cm³/mol. The van der Waals surface area contributed by atoms with Gasteiger partial charge in [0.2, 0.25) is 0 Å². The number of hydrogen-bond donors (Lipinski definition) is 5. The first-order valence-corrected chi connectivity index (χ1v) is 19.0. The summed E-state index contributed by atoms with van der Waals surface area (Å²) in [5, 5.41) is 55.6. The molecule has 8 aliphatic heterocycles. The largest absolute Gasteiger partial charge is 0.431 e. The Kier molecular flexibility index (Phi) is 9.36. The van der Waals surface area contributed by atoms with Crippen LogP contribution in [-0.2, 0) is 45.8 Å². The van der Waals surface area contributed by atoms with Gasteiger partial charge in [-0.15, -0.1) is 18.2 Å². The van der Waals surface area contributed by atoms with Crippen molar-refractivity contribution in [1.29, 1.82) is 0 Å². The molecule has 18 heteroatoms. The molecule has 0 aliphatic carbocycles. The van der Waals surface area contributed by atoms with Crippen LogP contribution < -0.4 is 0 Å². The van der Waals surface area contributed by atoms with E-state index in [-0.39, 0.29) is 6.16 Å². The molecule has 0 amide bonds. The molecule has 1 unspecified atom stereocenters. The molecule has 5 N–H and O–H groups in total. The van der Waals surface area contributed by atoms with Gasteiger partial charge in [0.05, 0.1) is 0 Å². The first-order chi connectivity index (χ1) is 20.0. The highest BCUT2D eigenvalue weighted by Crippen LogP contribution is 2.89. The summed E-state index contributed by atoms with van der Waals surface area (Å²) in [5.41, 5.74) is 0. The summed E-state index contributed by atoms with van der Waals surface area (Å²) >= 11 is 0. The summed E-state index contributed by atoms with van der Waals surface area (Å²) < 4.78 is 47.5. The topological polar surface area (TPSA) is 193 Å². The monoisotopic (exact) mass is 663 g/mol. The Morgan fingerprint density at radius 1 is 0.500 bits per heavy atom. The van der Waals surface area contributed by atoms with E-state index in [0.717, 1.165) is 19.3 Å². The maximum atomic E-state index is 11.6. The second-order valence-corrected chi connectivity index (χ2v) is 15.9. The molecule has 42 heavy (non-hydrogen) atoms. The van der Waals surface area contributed by atoms with E-state index in [1.165, 1.54) is 77.0 Å². The fourth-order valence-electron chi connectivity index (χ4n) is 6.04. The fraction of sp³-hybridized carbons (Fsp3) is 1.00. The van der Waals surface area contributed by atoms with Crippen LogP contribution in [0.1, 0.15) is 110 Å². The van der Waals surface area contributed by atoms with Gasteiger partial charge < -0.3 is 25.5 Å². The molecular weight excluding hydrogens is 621 g/mol. The van der Waals surface area contributed by atoms with Gasteiger partial charge in [0.25, 0.3) is 5.79 Å². The number of unbranched alkanes of at least 4 members (excludes halogenated alkanes) is 15. The molecule has 0 aromatic rings. The van der Waals surface area contributed by atoms with Crippen molar-refractivity contribution in [2.75, 3.05) is 6.16 Å². The summed E-state index contributed by atoms with van der Waals surface area (Å²) in [4.78, 5) is 5.22. The Morgan fingerprint density at radius 3 is 1.50 bits per heavy atom. The average molecular weight is 664 g/mol. The zero-order valence-electron chi connectivity index (χ0n) is 23.7. The molecule has 8 saturated heterocycles. The maximum absolute atomic E-state index is 11.6. The molecule has 0 radical (unpaired) electrons. The zero-order valence-corrected chi connectivity index (χ0v) is 26.4. The van der Waals surface area contributed by atoms with Crippen molar-refractivity contribution in [2.45, 2.75) is 145 Å². The number of fused-ring (bicyclic) bond motifs is 2. The SMILES string of the molecule is CCCCCCCCCCCCCCCCCC[P+]12OC(O)(O1)[C@]1(OOP3OC(O)(O3)[C@@]3(O)OP4O[C@]1(O)[C@@]3(O)O4)O2. The highest BCUT2D eigenvalue weighted by molar-refractivity contribution is 7.63. The smallest absolute Gasteiger partial charge is 0.356 e. The molecule has 8 aliphatic rings. The van der Waals surface area contributed by atoms with Crippen molar-refractivity contribution in [3.63, 3.8) is 0 Å². The third-order valence-corrected chi connectivity index (χ3v) is 13.2. The third kappa shape index (κ3) is 4.96. The second-order valence-electron chi connectivity index (χ2n) is 11.7. The van der Waals surface area contributed by atoms with Gasteiger partial charge in [-0.1, -0.05) is 96.8 Å². The molecule has 15 nitrogen and oxygen atoms in total. The highest BCUT2D eigenvalue weighted by atomic mass is 31.2. The van der Waals surface area contributed by atoms with Crippen LogP contribution in [0.2, 0.25) is 0 Å². The van der Waals surface area contributed by atoms with Crippen molar-refractivity contribution >= 4 is 25.1 Å². The Bertz CT molecular complexity index is 969. The van der Waals surface area contributed by atoms with Crippen LogP contribution >= 0.6 is 25.1 Å². The minimum absolute atomic E-state index is 0.232. The minimum Gasteiger partial charge on any atom is -0.356 e. The van der Waals surface area contributed by atoms with Crippen LogP contribution in [0, 0.1) is 0 Å². The Morgan fingerprint density at radius 2 is 0.976 bits per heavy atom. The number of rotatable bonds is 17. The summed E-state index contributed by atoms with van der Waals surface area (Å²) in [6, 6.07) is 0. The molecule has 6 bridgehead atoms. The average Bonchev–Trinajstić information content (AvgIpc) is 3.52. The first-order valence-electron chi connectivity index (χ1n) is 15.0. The van der Waals surface area contributed by atoms with E-state index in [1.54, 1.807) is 0 Å². The van der Waals surface area contributed by atoms with E-state index in [0.29, 0.717) is 6.42 Å². The van der Waals surface area contributed by atoms with Gasteiger partial charge in [-0.05, 0) is 12.8 Å². The standard InChI is InChI=1S/C24H42O15P3/c1-2-3-4-5-6-7-8-9-10-11-12-13-14-15-16-17-18-42-36-22(24(29,37-42)38-42)20(26)19(25)21(27,33-40(31-19)32-20)23(28)34-41(35-23)39-30-22/h25-29H,2-18H2,1H3/q+1/t19-,20-,21+,22-,23?,24?,40?,41?,42?/m1/s1. The molecule has 8 rings (SSSR count). The summed E-state index contributed by atoms with van der Waals surface area (Å²) in [6.45, 7) is 2.25. The first kappa shape index (κ1) is 32.6. The molecule has 5 atom stereocenters.